The highest BCUT2D eigenvalue weighted by Gasteiger charge is 2.16. The Morgan fingerprint density at radius 2 is 2.20 bits per heavy atom. The third-order valence-electron chi connectivity index (χ3n) is 3.14. The Labute approximate surface area is 94.5 Å². The van der Waals surface area contributed by atoms with E-state index in [2.05, 4.69) is 31.1 Å². The van der Waals surface area contributed by atoms with E-state index in [0.29, 0.717) is 12.1 Å². The van der Waals surface area contributed by atoms with E-state index >= 15 is 0 Å². The van der Waals surface area contributed by atoms with Crippen molar-refractivity contribution in [3.63, 3.8) is 0 Å². The van der Waals surface area contributed by atoms with Gasteiger partial charge in [-0.3, -0.25) is 0 Å². The molecule has 0 aromatic rings. The monoisotopic (exact) mass is 210 g/mol. The molecule has 2 N–H and O–H groups in total. The number of rotatable bonds is 6. The van der Waals surface area contributed by atoms with E-state index in [0.717, 1.165) is 12.5 Å². The van der Waals surface area contributed by atoms with Crippen molar-refractivity contribution in [1.29, 1.82) is 0 Å². The van der Waals surface area contributed by atoms with Crippen molar-refractivity contribution < 1.29 is 0 Å². The standard InChI is InChI=1S/C13H26N2/c1-4-7-11(2)15-12(3)10-13-8-5-6-9-14-13/h4,11-15H,1,5-10H2,2-3H3. The van der Waals surface area contributed by atoms with Crippen molar-refractivity contribution in [2.45, 2.75) is 64.1 Å². The summed E-state index contributed by atoms with van der Waals surface area (Å²) in [6.45, 7) is 9.50. The second-order valence-electron chi connectivity index (χ2n) is 4.88. The summed E-state index contributed by atoms with van der Waals surface area (Å²) < 4.78 is 0. The Balaban J connectivity index is 2.16. The zero-order valence-corrected chi connectivity index (χ0v) is 10.3. The fourth-order valence-electron chi connectivity index (χ4n) is 2.42. The predicted molar refractivity (Wildman–Crippen MR) is 67.1 cm³/mol. The molecule has 3 atom stereocenters. The van der Waals surface area contributed by atoms with Gasteiger partial charge in [0.15, 0.2) is 0 Å². The van der Waals surface area contributed by atoms with Gasteiger partial charge in [0, 0.05) is 18.1 Å². The van der Waals surface area contributed by atoms with Crippen LogP contribution < -0.4 is 10.6 Å². The molecule has 2 nitrogen and oxygen atoms in total. The minimum absolute atomic E-state index is 0.557. The molecular formula is C13H26N2. The van der Waals surface area contributed by atoms with Gasteiger partial charge in [-0.15, -0.1) is 6.58 Å². The van der Waals surface area contributed by atoms with Crippen molar-refractivity contribution in [1.82, 2.24) is 10.6 Å². The molecule has 2 heteroatoms. The molecule has 3 unspecified atom stereocenters. The quantitative estimate of drug-likeness (QED) is 0.658. The third kappa shape index (κ3) is 5.33. The van der Waals surface area contributed by atoms with Gasteiger partial charge in [-0.1, -0.05) is 12.5 Å². The van der Waals surface area contributed by atoms with Crippen LogP contribution in [0.5, 0.6) is 0 Å². The first-order chi connectivity index (χ1) is 7.22. The molecule has 1 rings (SSSR count). The molecule has 0 radical (unpaired) electrons. The van der Waals surface area contributed by atoms with Crippen LogP contribution in [0.15, 0.2) is 12.7 Å². The van der Waals surface area contributed by atoms with Crippen LogP contribution in [0.25, 0.3) is 0 Å². The first kappa shape index (κ1) is 12.7. The van der Waals surface area contributed by atoms with Crippen LogP contribution in [0, 0.1) is 0 Å². The fourth-order valence-corrected chi connectivity index (χ4v) is 2.42. The van der Waals surface area contributed by atoms with Crippen molar-refractivity contribution in [3.8, 4) is 0 Å². The smallest absolute Gasteiger partial charge is 0.00817 e. The van der Waals surface area contributed by atoms with Crippen molar-refractivity contribution in [2.75, 3.05) is 6.54 Å². The van der Waals surface area contributed by atoms with Gasteiger partial charge < -0.3 is 10.6 Å². The zero-order chi connectivity index (χ0) is 11.1. The lowest BCUT2D eigenvalue weighted by Gasteiger charge is -2.28. The summed E-state index contributed by atoms with van der Waals surface area (Å²) in [5, 5.41) is 7.21. The number of hydrogen-bond acceptors (Lipinski definition) is 2. The van der Waals surface area contributed by atoms with E-state index in [1.165, 1.54) is 32.2 Å². The number of piperidine rings is 1. The summed E-state index contributed by atoms with van der Waals surface area (Å²) in [6.07, 6.45) is 8.40. The second-order valence-corrected chi connectivity index (χ2v) is 4.88. The molecular weight excluding hydrogens is 184 g/mol. The Kier molecular flexibility index (Phi) is 5.96. The molecule has 0 bridgehead atoms. The Hall–Kier alpha value is -0.340. The molecule has 1 saturated heterocycles. The van der Waals surface area contributed by atoms with Gasteiger partial charge in [-0.05, 0) is 46.1 Å². The second kappa shape index (κ2) is 7.02. The van der Waals surface area contributed by atoms with Crippen LogP contribution in [0.2, 0.25) is 0 Å². The lowest BCUT2D eigenvalue weighted by molar-refractivity contribution is 0.333. The van der Waals surface area contributed by atoms with Crippen LogP contribution in [-0.2, 0) is 0 Å². The average molecular weight is 210 g/mol. The number of nitrogens with one attached hydrogen (secondary N) is 2. The summed E-state index contributed by atoms with van der Waals surface area (Å²) >= 11 is 0. The maximum absolute atomic E-state index is 3.77. The number of hydrogen-bond donors (Lipinski definition) is 2. The molecule has 0 aromatic carbocycles. The van der Waals surface area contributed by atoms with Gasteiger partial charge in [0.25, 0.3) is 0 Å². The maximum atomic E-state index is 3.77. The summed E-state index contributed by atoms with van der Waals surface area (Å²) in [4.78, 5) is 0. The molecule has 88 valence electrons. The normalized spacial score (nSPS) is 25.9. The van der Waals surface area contributed by atoms with Gasteiger partial charge >= 0.3 is 0 Å². The van der Waals surface area contributed by atoms with E-state index in [1.807, 2.05) is 6.08 Å². The highest BCUT2D eigenvalue weighted by molar-refractivity contribution is 4.81. The topological polar surface area (TPSA) is 24.1 Å². The van der Waals surface area contributed by atoms with E-state index < -0.39 is 0 Å². The third-order valence-corrected chi connectivity index (χ3v) is 3.14. The molecule has 1 aliphatic rings. The fraction of sp³-hybridized carbons (Fsp3) is 0.846. The molecule has 1 fully saturated rings. The highest BCUT2D eigenvalue weighted by atomic mass is 15.0. The largest absolute Gasteiger partial charge is 0.314 e. The molecule has 1 heterocycles. The highest BCUT2D eigenvalue weighted by Crippen LogP contribution is 2.12. The molecule has 0 aliphatic carbocycles. The van der Waals surface area contributed by atoms with Gasteiger partial charge in [0.2, 0.25) is 0 Å². The van der Waals surface area contributed by atoms with Gasteiger partial charge in [0.1, 0.15) is 0 Å². The van der Waals surface area contributed by atoms with Crippen molar-refractivity contribution >= 4 is 0 Å². The lowest BCUT2D eigenvalue weighted by Crippen LogP contribution is -2.42. The summed E-state index contributed by atoms with van der Waals surface area (Å²) in [7, 11) is 0. The summed E-state index contributed by atoms with van der Waals surface area (Å²) in [5.41, 5.74) is 0. The average Bonchev–Trinajstić information content (AvgIpc) is 2.19. The van der Waals surface area contributed by atoms with Crippen molar-refractivity contribution in [3.05, 3.63) is 12.7 Å². The molecule has 15 heavy (non-hydrogen) atoms. The van der Waals surface area contributed by atoms with E-state index in [9.17, 15) is 0 Å². The Bertz CT molecular complexity index is 173. The first-order valence-electron chi connectivity index (χ1n) is 6.32. The summed E-state index contributed by atoms with van der Waals surface area (Å²) in [5.74, 6) is 0. The van der Waals surface area contributed by atoms with Gasteiger partial charge in [0.05, 0.1) is 0 Å². The van der Waals surface area contributed by atoms with Crippen molar-refractivity contribution in [2.24, 2.45) is 0 Å². The SMILES string of the molecule is C=CCC(C)NC(C)CC1CCCCN1. The van der Waals surface area contributed by atoms with Crippen LogP contribution in [0.4, 0.5) is 0 Å². The van der Waals surface area contributed by atoms with Gasteiger partial charge in [-0.2, -0.15) is 0 Å². The first-order valence-corrected chi connectivity index (χ1v) is 6.32. The van der Waals surface area contributed by atoms with Crippen LogP contribution in [0.1, 0.15) is 46.0 Å². The molecule has 0 aromatic heterocycles. The summed E-state index contributed by atoms with van der Waals surface area (Å²) in [6, 6.07) is 1.90. The lowest BCUT2D eigenvalue weighted by atomic mass is 9.98. The molecule has 0 amide bonds. The maximum Gasteiger partial charge on any atom is 0.00817 e. The molecule has 0 spiro atoms. The predicted octanol–water partition coefficient (Wildman–Crippen LogP) is 2.46. The molecule has 1 aliphatic heterocycles. The van der Waals surface area contributed by atoms with E-state index in [1.54, 1.807) is 0 Å². The molecule has 0 saturated carbocycles. The minimum atomic E-state index is 0.557. The van der Waals surface area contributed by atoms with E-state index in [-0.39, 0.29) is 0 Å². The van der Waals surface area contributed by atoms with E-state index in [4.69, 9.17) is 0 Å². The minimum Gasteiger partial charge on any atom is -0.314 e. The Morgan fingerprint density at radius 3 is 2.80 bits per heavy atom. The Morgan fingerprint density at radius 1 is 1.40 bits per heavy atom. The zero-order valence-electron chi connectivity index (χ0n) is 10.3. The van der Waals surface area contributed by atoms with Crippen LogP contribution in [-0.4, -0.2) is 24.7 Å². The van der Waals surface area contributed by atoms with Gasteiger partial charge in [-0.25, -0.2) is 0 Å². The van der Waals surface area contributed by atoms with Crippen LogP contribution >= 0.6 is 0 Å². The van der Waals surface area contributed by atoms with Crippen LogP contribution in [0.3, 0.4) is 0 Å².